The highest BCUT2D eigenvalue weighted by molar-refractivity contribution is 6.29. The van der Waals surface area contributed by atoms with Gasteiger partial charge in [0.2, 0.25) is 0 Å². The normalized spacial score (nSPS) is 9.89. The van der Waals surface area contributed by atoms with E-state index in [2.05, 4.69) is 15.3 Å². The maximum absolute atomic E-state index is 12.0. The minimum Gasteiger partial charge on any atom is -0.496 e. The summed E-state index contributed by atoms with van der Waals surface area (Å²) in [5.41, 5.74) is 0.426. The summed E-state index contributed by atoms with van der Waals surface area (Å²) in [6, 6.07) is 8.38. The number of amides is 1. The zero-order valence-corrected chi connectivity index (χ0v) is 10.3. The van der Waals surface area contributed by atoms with Gasteiger partial charge in [-0.3, -0.25) is 4.79 Å². The van der Waals surface area contributed by atoms with Crippen LogP contribution in [0, 0.1) is 0 Å². The van der Waals surface area contributed by atoms with Crippen LogP contribution in [0.25, 0.3) is 0 Å². The molecule has 0 fully saturated rings. The number of nitrogens with zero attached hydrogens (tertiary/aromatic N) is 2. The summed E-state index contributed by atoms with van der Waals surface area (Å²) in [4.78, 5) is 19.6. The number of halogens is 1. The van der Waals surface area contributed by atoms with Crippen molar-refractivity contribution >= 4 is 23.3 Å². The molecule has 0 atom stereocenters. The molecule has 0 aliphatic rings. The molecule has 0 saturated carbocycles. The van der Waals surface area contributed by atoms with Crippen LogP contribution in [0.3, 0.4) is 0 Å². The van der Waals surface area contributed by atoms with Crippen LogP contribution in [-0.2, 0) is 0 Å². The number of anilines is 1. The Balaban J connectivity index is 2.22. The fourth-order valence-corrected chi connectivity index (χ4v) is 1.56. The number of methoxy groups -OCH3 is 1. The summed E-state index contributed by atoms with van der Waals surface area (Å²) < 4.78 is 5.11. The van der Waals surface area contributed by atoms with Gasteiger partial charge < -0.3 is 10.1 Å². The second-order valence-electron chi connectivity index (χ2n) is 3.38. The van der Waals surface area contributed by atoms with Gasteiger partial charge in [-0.2, -0.15) is 0 Å². The Kier molecular flexibility index (Phi) is 3.74. The maximum atomic E-state index is 12.0. The summed E-state index contributed by atoms with van der Waals surface area (Å²) >= 11 is 5.71. The molecule has 0 radical (unpaired) electrons. The van der Waals surface area contributed by atoms with E-state index >= 15 is 0 Å². The molecule has 1 amide bonds. The third kappa shape index (κ3) is 2.75. The van der Waals surface area contributed by atoms with Crippen LogP contribution in [0.5, 0.6) is 5.75 Å². The molecule has 2 aromatic rings. The fourth-order valence-electron chi connectivity index (χ4n) is 1.42. The van der Waals surface area contributed by atoms with Crippen LogP contribution in [0.2, 0.25) is 5.15 Å². The molecule has 0 bridgehead atoms. The van der Waals surface area contributed by atoms with Crippen LogP contribution in [-0.4, -0.2) is 23.0 Å². The van der Waals surface area contributed by atoms with Gasteiger partial charge in [-0.05, 0) is 12.1 Å². The Morgan fingerprint density at radius 3 is 2.83 bits per heavy atom. The molecule has 18 heavy (non-hydrogen) atoms. The van der Waals surface area contributed by atoms with E-state index in [0.29, 0.717) is 17.1 Å². The highest BCUT2D eigenvalue weighted by Gasteiger charge is 2.12. The fraction of sp³-hybridized carbons (Fsp3) is 0.0833. The van der Waals surface area contributed by atoms with E-state index in [9.17, 15) is 4.79 Å². The molecule has 0 saturated heterocycles. The Hall–Kier alpha value is -2.14. The first-order chi connectivity index (χ1) is 8.70. The number of benzene rings is 1. The lowest BCUT2D eigenvalue weighted by atomic mass is 10.2. The average Bonchev–Trinajstić information content (AvgIpc) is 2.38. The monoisotopic (exact) mass is 263 g/mol. The van der Waals surface area contributed by atoms with Crippen molar-refractivity contribution in [1.82, 2.24) is 9.97 Å². The first kappa shape index (κ1) is 12.3. The second kappa shape index (κ2) is 5.46. The lowest BCUT2D eigenvalue weighted by molar-refractivity contribution is 0.102. The topological polar surface area (TPSA) is 64.1 Å². The first-order valence-corrected chi connectivity index (χ1v) is 5.50. The highest BCUT2D eigenvalue weighted by Crippen LogP contribution is 2.18. The van der Waals surface area contributed by atoms with Gasteiger partial charge in [-0.25, -0.2) is 9.97 Å². The van der Waals surface area contributed by atoms with E-state index in [-0.39, 0.29) is 11.1 Å². The predicted molar refractivity (Wildman–Crippen MR) is 68.0 cm³/mol. The van der Waals surface area contributed by atoms with Crippen molar-refractivity contribution in [2.45, 2.75) is 0 Å². The molecule has 0 aliphatic carbocycles. The lowest BCUT2D eigenvalue weighted by Gasteiger charge is -2.08. The zero-order valence-electron chi connectivity index (χ0n) is 9.55. The Bertz CT molecular complexity index is 575. The smallest absolute Gasteiger partial charge is 0.260 e. The minimum absolute atomic E-state index is 0.264. The molecule has 1 aromatic carbocycles. The minimum atomic E-state index is -0.317. The molecular weight excluding hydrogens is 254 g/mol. The number of aromatic nitrogens is 2. The Labute approximate surface area is 109 Å². The van der Waals surface area contributed by atoms with Gasteiger partial charge in [-0.15, -0.1) is 0 Å². The number of rotatable bonds is 3. The van der Waals surface area contributed by atoms with Crippen molar-refractivity contribution in [3.63, 3.8) is 0 Å². The van der Waals surface area contributed by atoms with E-state index in [1.807, 2.05) is 0 Å². The number of nitrogens with one attached hydrogen (secondary N) is 1. The Morgan fingerprint density at radius 2 is 2.11 bits per heavy atom. The molecule has 0 unspecified atom stereocenters. The number of ether oxygens (including phenoxy) is 1. The van der Waals surface area contributed by atoms with Gasteiger partial charge in [0.15, 0.2) is 0 Å². The van der Waals surface area contributed by atoms with E-state index < -0.39 is 0 Å². The quantitative estimate of drug-likeness (QED) is 0.864. The second-order valence-corrected chi connectivity index (χ2v) is 3.77. The van der Waals surface area contributed by atoms with Crippen molar-refractivity contribution in [2.24, 2.45) is 0 Å². The molecule has 0 spiro atoms. The van der Waals surface area contributed by atoms with Crippen LogP contribution < -0.4 is 10.1 Å². The number of carbonyl (C=O) groups excluding carboxylic acids is 1. The maximum Gasteiger partial charge on any atom is 0.260 e. The summed E-state index contributed by atoms with van der Waals surface area (Å²) in [5, 5.41) is 2.88. The molecule has 6 heteroatoms. The number of hydrogen-bond acceptors (Lipinski definition) is 4. The molecule has 5 nitrogen and oxygen atoms in total. The molecule has 1 N–H and O–H groups in total. The molecule has 0 aliphatic heterocycles. The van der Waals surface area contributed by atoms with Crippen molar-refractivity contribution < 1.29 is 9.53 Å². The summed E-state index contributed by atoms with van der Waals surface area (Å²) in [5.74, 6) is 0.517. The van der Waals surface area contributed by atoms with Crippen LogP contribution in [0.1, 0.15) is 10.4 Å². The van der Waals surface area contributed by atoms with Crippen molar-refractivity contribution in [2.75, 3.05) is 12.4 Å². The van der Waals surface area contributed by atoms with Gasteiger partial charge in [0.05, 0.1) is 12.7 Å². The van der Waals surface area contributed by atoms with Crippen molar-refractivity contribution in [3.05, 3.63) is 47.4 Å². The number of para-hydroxylation sites is 1. The van der Waals surface area contributed by atoms with Crippen LogP contribution in [0.15, 0.2) is 36.7 Å². The summed E-state index contributed by atoms with van der Waals surface area (Å²) in [7, 11) is 1.51. The van der Waals surface area contributed by atoms with Gasteiger partial charge in [0.25, 0.3) is 5.91 Å². The van der Waals surface area contributed by atoms with E-state index in [4.69, 9.17) is 16.3 Å². The van der Waals surface area contributed by atoms with E-state index in [1.165, 1.54) is 19.5 Å². The zero-order chi connectivity index (χ0) is 13.0. The standard InChI is InChI=1S/C12H10ClN3O2/c1-18-9-5-3-2-4-8(9)12(17)16-11-6-10(13)14-7-15-11/h2-7H,1H3,(H,14,15,16,17). The SMILES string of the molecule is COc1ccccc1C(=O)Nc1cc(Cl)ncn1. The Morgan fingerprint density at radius 1 is 1.33 bits per heavy atom. The third-order valence-corrected chi connectivity index (χ3v) is 2.43. The van der Waals surface area contributed by atoms with E-state index in [0.717, 1.165) is 0 Å². The third-order valence-electron chi connectivity index (χ3n) is 2.23. The average molecular weight is 264 g/mol. The van der Waals surface area contributed by atoms with Gasteiger partial charge in [0, 0.05) is 6.07 Å². The van der Waals surface area contributed by atoms with Gasteiger partial charge in [0.1, 0.15) is 23.0 Å². The first-order valence-electron chi connectivity index (χ1n) is 5.12. The van der Waals surface area contributed by atoms with Crippen LogP contribution >= 0.6 is 11.6 Å². The lowest BCUT2D eigenvalue weighted by Crippen LogP contribution is -2.14. The summed E-state index contributed by atoms with van der Waals surface area (Å²) in [6.07, 6.45) is 1.28. The number of carbonyl (C=O) groups is 1. The van der Waals surface area contributed by atoms with Gasteiger partial charge in [-0.1, -0.05) is 23.7 Å². The molecular formula is C12H10ClN3O2. The van der Waals surface area contributed by atoms with Crippen molar-refractivity contribution in [3.8, 4) is 5.75 Å². The predicted octanol–water partition coefficient (Wildman–Crippen LogP) is 2.39. The number of hydrogen-bond donors (Lipinski definition) is 1. The van der Waals surface area contributed by atoms with E-state index in [1.54, 1.807) is 24.3 Å². The molecule has 1 aromatic heterocycles. The summed E-state index contributed by atoms with van der Waals surface area (Å²) in [6.45, 7) is 0. The largest absolute Gasteiger partial charge is 0.496 e. The molecule has 1 heterocycles. The molecule has 2 rings (SSSR count). The highest BCUT2D eigenvalue weighted by atomic mass is 35.5. The van der Waals surface area contributed by atoms with Crippen molar-refractivity contribution in [1.29, 1.82) is 0 Å². The van der Waals surface area contributed by atoms with Gasteiger partial charge >= 0.3 is 0 Å². The molecule has 92 valence electrons. The van der Waals surface area contributed by atoms with Crippen LogP contribution in [0.4, 0.5) is 5.82 Å².